The van der Waals surface area contributed by atoms with Gasteiger partial charge >= 0.3 is 6.01 Å². The number of hydrogen-bond acceptors (Lipinski definition) is 5. The molecule has 0 saturated heterocycles. The van der Waals surface area contributed by atoms with Gasteiger partial charge in [-0.15, -0.1) is 5.10 Å². The van der Waals surface area contributed by atoms with E-state index in [2.05, 4.69) is 48.1 Å². The Morgan fingerprint density at radius 1 is 1.32 bits per heavy atom. The van der Waals surface area contributed by atoms with Crippen molar-refractivity contribution in [2.24, 2.45) is 0 Å². The highest BCUT2D eigenvalue weighted by Gasteiger charge is 2.32. The zero-order valence-electron chi connectivity index (χ0n) is 12.6. The summed E-state index contributed by atoms with van der Waals surface area (Å²) >= 11 is 0. The van der Waals surface area contributed by atoms with Gasteiger partial charge in [0.15, 0.2) is 0 Å². The van der Waals surface area contributed by atoms with Gasteiger partial charge < -0.3 is 14.6 Å². The van der Waals surface area contributed by atoms with Crippen molar-refractivity contribution in [2.45, 2.75) is 71.5 Å². The van der Waals surface area contributed by atoms with Gasteiger partial charge in [-0.25, -0.2) is 0 Å². The summed E-state index contributed by atoms with van der Waals surface area (Å²) in [4.78, 5) is 2.27. The Morgan fingerprint density at radius 2 is 2.05 bits per heavy atom. The van der Waals surface area contributed by atoms with Crippen LogP contribution in [0.2, 0.25) is 0 Å². The van der Waals surface area contributed by atoms with Crippen LogP contribution in [-0.4, -0.2) is 28.3 Å². The largest absolute Gasteiger partial charge is 0.407 e. The highest BCUT2D eigenvalue weighted by Crippen LogP contribution is 2.31. The molecule has 5 heteroatoms. The highest BCUT2D eigenvalue weighted by atomic mass is 16.4. The number of nitrogens with zero attached hydrogens (tertiary/aromatic N) is 3. The van der Waals surface area contributed by atoms with Gasteiger partial charge in [-0.1, -0.05) is 18.4 Å². The molecule has 1 aromatic rings. The molecule has 0 amide bonds. The molecule has 1 aliphatic rings. The minimum Gasteiger partial charge on any atom is -0.407 e. The molecular weight excluding hydrogens is 240 g/mol. The average molecular weight is 266 g/mol. The second kappa shape index (κ2) is 5.90. The van der Waals surface area contributed by atoms with E-state index in [-0.39, 0.29) is 5.54 Å². The Morgan fingerprint density at radius 3 is 2.63 bits per heavy atom. The molecule has 1 aromatic heterocycles. The Hall–Kier alpha value is -1.10. The third kappa shape index (κ3) is 4.49. The van der Waals surface area contributed by atoms with Gasteiger partial charge in [-0.05, 0) is 40.0 Å². The zero-order chi connectivity index (χ0) is 13.9. The number of rotatable bonds is 7. The Labute approximate surface area is 115 Å². The zero-order valence-corrected chi connectivity index (χ0v) is 12.6. The molecule has 5 nitrogen and oxygen atoms in total. The molecule has 0 unspecified atom stereocenters. The molecule has 0 radical (unpaired) electrons. The monoisotopic (exact) mass is 266 g/mol. The first-order chi connectivity index (χ1) is 8.99. The maximum atomic E-state index is 5.78. The lowest BCUT2D eigenvalue weighted by molar-refractivity contribution is 0.380. The van der Waals surface area contributed by atoms with E-state index in [0.29, 0.717) is 24.5 Å². The third-order valence-electron chi connectivity index (χ3n) is 3.21. The molecule has 0 aromatic carbocycles. The molecule has 2 rings (SSSR count). The molecule has 1 N–H and O–H groups in total. The van der Waals surface area contributed by atoms with Crippen molar-refractivity contribution in [3.05, 3.63) is 5.89 Å². The van der Waals surface area contributed by atoms with Crippen molar-refractivity contribution in [3.8, 4) is 0 Å². The third-order valence-corrected chi connectivity index (χ3v) is 3.21. The van der Waals surface area contributed by atoms with E-state index in [4.69, 9.17) is 4.42 Å². The highest BCUT2D eigenvalue weighted by molar-refractivity contribution is 5.29. The van der Waals surface area contributed by atoms with E-state index in [0.717, 1.165) is 6.54 Å². The summed E-state index contributed by atoms with van der Waals surface area (Å²) in [5.41, 5.74) is 0.0625. The molecule has 19 heavy (non-hydrogen) atoms. The summed E-state index contributed by atoms with van der Waals surface area (Å²) in [6.07, 6.45) is 4.87. The lowest BCUT2D eigenvalue weighted by atomic mass is 10.1. The van der Waals surface area contributed by atoms with Crippen LogP contribution in [0.15, 0.2) is 4.42 Å². The van der Waals surface area contributed by atoms with Gasteiger partial charge in [-0.3, -0.25) is 0 Å². The fraction of sp³-hybridized carbons (Fsp3) is 0.857. The molecular formula is C14H26N4O. The van der Waals surface area contributed by atoms with Gasteiger partial charge in [0.1, 0.15) is 0 Å². The smallest absolute Gasteiger partial charge is 0.318 e. The van der Waals surface area contributed by atoms with E-state index < -0.39 is 0 Å². The Balaban J connectivity index is 1.94. The Kier molecular flexibility index (Phi) is 4.45. The molecule has 1 saturated carbocycles. The summed E-state index contributed by atoms with van der Waals surface area (Å²) in [5, 5.41) is 11.7. The fourth-order valence-electron chi connectivity index (χ4n) is 1.92. The van der Waals surface area contributed by atoms with Crippen LogP contribution in [0.4, 0.5) is 6.01 Å². The summed E-state index contributed by atoms with van der Waals surface area (Å²) < 4.78 is 5.78. The van der Waals surface area contributed by atoms with E-state index in [1.165, 1.54) is 25.7 Å². The van der Waals surface area contributed by atoms with E-state index in [9.17, 15) is 0 Å². The lowest BCUT2D eigenvalue weighted by Crippen LogP contribution is -2.35. The number of nitrogens with one attached hydrogen (secondary N) is 1. The maximum Gasteiger partial charge on any atom is 0.318 e. The predicted molar refractivity (Wildman–Crippen MR) is 76.2 cm³/mol. The second-order valence-corrected chi connectivity index (χ2v) is 6.36. The van der Waals surface area contributed by atoms with Crippen molar-refractivity contribution in [3.63, 3.8) is 0 Å². The van der Waals surface area contributed by atoms with Crippen LogP contribution in [0.1, 0.15) is 59.3 Å². The second-order valence-electron chi connectivity index (χ2n) is 6.36. The van der Waals surface area contributed by atoms with Crippen LogP contribution in [0.5, 0.6) is 0 Å². The number of unbranched alkanes of at least 4 members (excludes halogenated alkanes) is 1. The fourth-order valence-corrected chi connectivity index (χ4v) is 1.92. The number of anilines is 1. The minimum atomic E-state index is 0.0625. The van der Waals surface area contributed by atoms with Crippen LogP contribution in [0.25, 0.3) is 0 Å². The first kappa shape index (κ1) is 14.3. The summed E-state index contributed by atoms with van der Waals surface area (Å²) in [5.74, 6) is 0.673. The topological polar surface area (TPSA) is 54.2 Å². The first-order valence-electron chi connectivity index (χ1n) is 7.33. The SMILES string of the molecule is CCCCN(c1nnc(CNC(C)(C)C)o1)C1CC1. The quantitative estimate of drug-likeness (QED) is 0.822. The Bertz CT molecular complexity index is 392. The summed E-state index contributed by atoms with van der Waals surface area (Å²) in [6, 6.07) is 1.32. The van der Waals surface area contributed by atoms with Gasteiger partial charge in [0.2, 0.25) is 5.89 Å². The van der Waals surface area contributed by atoms with Crippen molar-refractivity contribution in [1.82, 2.24) is 15.5 Å². The van der Waals surface area contributed by atoms with E-state index in [1.54, 1.807) is 0 Å². The van der Waals surface area contributed by atoms with Gasteiger partial charge in [0, 0.05) is 18.1 Å². The van der Waals surface area contributed by atoms with E-state index >= 15 is 0 Å². The van der Waals surface area contributed by atoms with Gasteiger partial charge in [0.25, 0.3) is 0 Å². The molecule has 0 spiro atoms. The number of aromatic nitrogens is 2. The van der Waals surface area contributed by atoms with Crippen molar-refractivity contribution < 1.29 is 4.42 Å². The summed E-state index contributed by atoms with van der Waals surface area (Å²) in [7, 11) is 0. The molecule has 1 aliphatic carbocycles. The lowest BCUT2D eigenvalue weighted by Gasteiger charge is -2.20. The molecule has 0 aliphatic heterocycles. The van der Waals surface area contributed by atoms with Crippen LogP contribution in [0.3, 0.4) is 0 Å². The normalized spacial score (nSPS) is 15.8. The summed E-state index contributed by atoms with van der Waals surface area (Å²) in [6.45, 7) is 10.2. The minimum absolute atomic E-state index is 0.0625. The molecule has 108 valence electrons. The van der Waals surface area contributed by atoms with Crippen LogP contribution in [-0.2, 0) is 6.54 Å². The molecule has 1 fully saturated rings. The van der Waals surface area contributed by atoms with Gasteiger partial charge in [0.05, 0.1) is 6.54 Å². The van der Waals surface area contributed by atoms with Crippen LogP contribution in [0, 0.1) is 0 Å². The van der Waals surface area contributed by atoms with Crippen molar-refractivity contribution >= 4 is 6.01 Å². The van der Waals surface area contributed by atoms with E-state index in [1.807, 2.05) is 0 Å². The van der Waals surface area contributed by atoms with Crippen LogP contribution < -0.4 is 10.2 Å². The molecule has 1 heterocycles. The van der Waals surface area contributed by atoms with Crippen molar-refractivity contribution in [1.29, 1.82) is 0 Å². The molecule has 0 atom stereocenters. The standard InChI is InChI=1S/C14H26N4O/c1-5-6-9-18(11-7-8-11)13-17-16-12(19-13)10-15-14(2,3)4/h11,15H,5-10H2,1-4H3. The first-order valence-corrected chi connectivity index (χ1v) is 7.33. The maximum absolute atomic E-state index is 5.78. The van der Waals surface area contributed by atoms with Crippen molar-refractivity contribution in [2.75, 3.05) is 11.4 Å². The average Bonchev–Trinajstić information content (AvgIpc) is 3.05. The number of hydrogen-bond donors (Lipinski definition) is 1. The predicted octanol–water partition coefficient (Wildman–Crippen LogP) is 2.73. The molecule has 0 bridgehead atoms. The van der Waals surface area contributed by atoms with Crippen LogP contribution >= 0.6 is 0 Å². The van der Waals surface area contributed by atoms with Gasteiger partial charge in [-0.2, -0.15) is 0 Å².